The van der Waals surface area contributed by atoms with Crippen LogP contribution in [0.15, 0.2) is 24.3 Å². The highest BCUT2D eigenvalue weighted by atomic mass is 32.2. The van der Waals surface area contributed by atoms with Gasteiger partial charge in [0, 0.05) is 25.7 Å². The van der Waals surface area contributed by atoms with Crippen LogP contribution in [0.25, 0.3) is 0 Å². The summed E-state index contributed by atoms with van der Waals surface area (Å²) in [6, 6.07) is 8.61. The van der Waals surface area contributed by atoms with Gasteiger partial charge in [-0.25, -0.2) is 8.42 Å². The van der Waals surface area contributed by atoms with Gasteiger partial charge < -0.3 is 5.32 Å². The van der Waals surface area contributed by atoms with Crippen LogP contribution in [-0.4, -0.2) is 44.5 Å². The molecule has 0 spiro atoms. The summed E-state index contributed by atoms with van der Waals surface area (Å²) in [5.41, 5.74) is 2.51. The molecule has 0 amide bonds. The molecule has 106 valence electrons. The first-order valence-corrected chi connectivity index (χ1v) is 8.49. The fourth-order valence-corrected chi connectivity index (χ4v) is 4.09. The maximum atomic E-state index is 11.5. The lowest BCUT2D eigenvalue weighted by Gasteiger charge is -2.33. The average molecular weight is 282 g/mol. The predicted octanol–water partition coefficient (Wildman–Crippen LogP) is 1.02. The Morgan fingerprint density at radius 3 is 2.47 bits per heavy atom. The first-order valence-electron chi connectivity index (χ1n) is 6.67. The lowest BCUT2D eigenvalue weighted by molar-refractivity contribution is 0.218. The van der Waals surface area contributed by atoms with E-state index >= 15 is 0 Å². The highest BCUT2D eigenvalue weighted by Gasteiger charge is 2.27. The van der Waals surface area contributed by atoms with Gasteiger partial charge in [0.05, 0.1) is 11.5 Å². The lowest BCUT2D eigenvalue weighted by Crippen LogP contribution is -2.46. The first-order chi connectivity index (χ1) is 9.00. The van der Waals surface area contributed by atoms with E-state index in [-0.39, 0.29) is 17.5 Å². The standard InChI is InChI=1S/C14H22N2O2S/c1-12-11-19(17,18)8-7-16(12)10-14-5-3-13(4-6-14)9-15-2/h3-6,12,15H,7-11H2,1-2H3. The molecule has 4 nitrogen and oxygen atoms in total. The summed E-state index contributed by atoms with van der Waals surface area (Å²) in [7, 11) is -0.887. The van der Waals surface area contributed by atoms with Crippen molar-refractivity contribution in [3.63, 3.8) is 0 Å². The minimum atomic E-state index is -2.82. The molecule has 1 aliphatic rings. The quantitative estimate of drug-likeness (QED) is 0.896. The maximum Gasteiger partial charge on any atom is 0.153 e. The van der Waals surface area contributed by atoms with Crippen LogP contribution in [0.4, 0.5) is 0 Å². The Hall–Kier alpha value is -0.910. The Labute approximate surface area is 115 Å². The Bertz CT molecular complexity index is 511. The van der Waals surface area contributed by atoms with Crippen molar-refractivity contribution in [3.05, 3.63) is 35.4 Å². The fraction of sp³-hybridized carbons (Fsp3) is 0.571. The summed E-state index contributed by atoms with van der Waals surface area (Å²) in [5, 5.41) is 3.12. The van der Waals surface area contributed by atoms with Crippen molar-refractivity contribution in [3.8, 4) is 0 Å². The van der Waals surface area contributed by atoms with Crippen LogP contribution in [0.2, 0.25) is 0 Å². The normalized spacial score (nSPS) is 23.4. The van der Waals surface area contributed by atoms with E-state index in [0.29, 0.717) is 6.54 Å². The van der Waals surface area contributed by atoms with E-state index < -0.39 is 9.84 Å². The zero-order valence-corrected chi connectivity index (χ0v) is 12.4. The van der Waals surface area contributed by atoms with Crippen LogP contribution < -0.4 is 5.32 Å². The van der Waals surface area contributed by atoms with E-state index in [1.165, 1.54) is 11.1 Å². The molecule has 1 aromatic rings. The molecule has 1 heterocycles. The molecule has 19 heavy (non-hydrogen) atoms. The molecule has 2 rings (SSSR count). The average Bonchev–Trinajstić information content (AvgIpc) is 2.35. The van der Waals surface area contributed by atoms with Crippen LogP contribution in [0.5, 0.6) is 0 Å². The Morgan fingerprint density at radius 1 is 1.26 bits per heavy atom. The molecule has 1 saturated heterocycles. The van der Waals surface area contributed by atoms with Gasteiger partial charge in [-0.3, -0.25) is 4.90 Å². The highest BCUT2D eigenvalue weighted by molar-refractivity contribution is 7.91. The number of nitrogens with one attached hydrogen (secondary N) is 1. The van der Waals surface area contributed by atoms with E-state index in [0.717, 1.165) is 13.1 Å². The third kappa shape index (κ3) is 4.03. The van der Waals surface area contributed by atoms with E-state index in [2.05, 4.69) is 34.5 Å². The number of rotatable bonds is 4. The molecule has 0 aromatic heterocycles. The second-order valence-electron chi connectivity index (χ2n) is 5.28. The topological polar surface area (TPSA) is 49.4 Å². The van der Waals surface area contributed by atoms with Gasteiger partial charge in [0.25, 0.3) is 0 Å². The number of sulfone groups is 1. The second-order valence-corrected chi connectivity index (χ2v) is 7.51. The third-order valence-corrected chi connectivity index (χ3v) is 5.39. The molecule has 5 heteroatoms. The molecule has 0 bridgehead atoms. The number of benzene rings is 1. The first kappa shape index (κ1) is 14.5. The molecule has 0 radical (unpaired) electrons. The zero-order valence-electron chi connectivity index (χ0n) is 11.6. The summed E-state index contributed by atoms with van der Waals surface area (Å²) in [6.07, 6.45) is 0. The van der Waals surface area contributed by atoms with Crippen molar-refractivity contribution in [2.24, 2.45) is 0 Å². The smallest absolute Gasteiger partial charge is 0.153 e. The van der Waals surface area contributed by atoms with Crippen LogP contribution >= 0.6 is 0 Å². The summed E-state index contributed by atoms with van der Waals surface area (Å²) < 4.78 is 23.1. The van der Waals surface area contributed by atoms with Crippen LogP contribution in [-0.2, 0) is 22.9 Å². The summed E-state index contributed by atoms with van der Waals surface area (Å²) >= 11 is 0. The highest BCUT2D eigenvalue weighted by Crippen LogP contribution is 2.15. The van der Waals surface area contributed by atoms with Crippen LogP contribution in [0.3, 0.4) is 0 Å². The third-order valence-electron chi connectivity index (χ3n) is 3.60. The minimum Gasteiger partial charge on any atom is -0.316 e. The van der Waals surface area contributed by atoms with Gasteiger partial charge in [-0.2, -0.15) is 0 Å². The maximum absolute atomic E-state index is 11.5. The summed E-state index contributed by atoms with van der Waals surface area (Å²) in [4.78, 5) is 2.24. The summed E-state index contributed by atoms with van der Waals surface area (Å²) in [6.45, 7) is 4.34. The molecular weight excluding hydrogens is 260 g/mol. The summed E-state index contributed by atoms with van der Waals surface area (Å²) in [5.74, 6) is 0.569. The predicted molar refractivity (Wildman–Crippen MR) is 77.7 cm³/mol. The van der Waals surface area contributed by atoms with Gasteiger partial charge in [-0.05, 0) is 25.1 Å². The van der Waals surface area contributed by atoms with Gasteiger partial charge in [-0.15, -0.1) is 0 Å². The van der Waals surface area contributed by atoms with Crippen molar-refractivity contribution in [2.45, 2.75) is 26.1 Å². The van der Waals surface area contributed by atoms with E-state index in [1.807, 2.05) is 14.0 Å². The van der Waals surface area contributed by atoms with E-state index in [4.69, 9.17) is 0 Å². The SMILES string of the molecule is CNCc1ccc(CN2CCS(=O)(=O)CC2C)cc1. The fourth-order valence-electron chi connectivity index (χ4n) is 2.47. The molecule has 1 aromatic carbocycles. The van der Waals surface area contributed by atoms with Gasteiger partial charge in [-0.1, -0.05) is 24.3 Å². The number of nitrogens with zero attached hydrogens (tertiary/aromatic N) is 1. The molecule has 1 fully saturated rings. The Balaban J connectivity index is 1.97. The molecular formula is C14H22N2O2S. The zero-order chi connectivity index (χ0) is 13.9. The Kier molecular flexibility index (Phi) is 4.60. The van der Waals surface area contributed by atoms with Gasteiger partial charge >= 0.3 is 0 Å². The van der Waals surface area contributed by atoms with Crippen molar-refractivity contribution in [1.29, 1.82) is 0 Å². The van der Waals surface area contributed by atoms with E-state index in [1.54, 1.807) is 0 Å². The van der Waals surface area contributed by atoms with Crippen molar-refractivity contribution >= 4 is 9.84 Å². The molecule has 1 atom stereocenters. The van der Waals surface area contributed by atoms with Crippen molar-refractivity contribution in [2.75, 3.05) is 25.1 Å². The number of hydrogen-bond acceptors (Lipinski definition) is 4. The largest absolute Gasteiger partial charge is 0.316 e. The Morgan fingerprint density at radius 2 is 1.89 bits per heavy atom. The van der Waals surface area contributed by atoms with Gasteiger partial charge in [0.2, 0.25) is 0 Å². The van der Waals surface area contributed by atoms with E-state index in [9.17, 15) is 8.42 Å². The molecule has 1 unspecified atom stereocenters. The van der Waals surface area contributed by atoms with Crippen LogP contribution in [0.1, 0.15) is 18.1 Å². The van der Waals surface area contributed by atoms with Gasteiger partial charge in [0.15, 0.2) is 9.84 Å². The van der Waals surface area contributed by atoms with Crippen molar-refractivity contribution < 1.29 is 8.42 Å². The minimum absolute atomic E-state index is 0.107. The van der Waals surface area contributed by atoms with Crippen LogP contribution in [0, 0.1) is 0 Å². The lowest BCUT2D eigenvalue weighted by atomic mass is 10.1. The monoisotopic (exact) mass is 282 g/mol. The van der Waals surface area contributed by atoms with Crippen molar-refractivity contribution in [1.82, 2.24) is 10.2 Å². The molecule has 1 N–H and O–H groups in total. The molecule has 1 aliphatic heterocycles. The second kappa shape index (κ2) is 6.03. The number of hydrogen-bond donors (Lipinski definition) is 1. The molecule has 0 saturated carbocycles. The molecule has 0 aliphatic carbocycles. The van der Waals surface area contributed by atoms with Gasteiger partial charge in [0.1, 0.15) is 0 Å².